The number of nitrogens with one attached hydrogen (secondary N) is 2. The zero-order valence-corrected chi connectivity index (χ0v) is 12.9. The summed E-state index contributed by atoms with van der Waals surface area (Å²) in [6, 6.07) is 10.7. The maximum atomic E-state index is 11.7. The zero-order valence-electron chi connectivity index (χ0n) is 12.9. The van der Waals surface area contributed by atoms with Gasteiger partial charge in [0.05, 0.1) is 0 Å². The molecule has 0 saturated carbocycles. The molecule has 2 N–H and O–H groups in total. The Morgan fingerprint density at radius 2 is 2.10 bits per heavy atom. The minimum atomic E-state index is 0.126. The van der Waals surface area contributed by atoms with Crippen LogP contribution in [0.5, 0.6) is 0 Å². The summed E-state index contributed by atoms with van der Waals surface area (Å²) in [4.78, 5) is 11.7. The Labute approximate surface area is 126 Å². The molecule has 0 aliphatic rings. The quantitative estimate of drug-likeness (QED) is 0.733. The smallest absolute Gasteiger partial charge is 0.221 e. The Morgan fingerprint density at radius 3 is 2.90 bits per heavy atom. The van der Waals surface area contributed by atoms with Gasteiger partial charge in [-0.15, -0.1) is 0 Å². The Hall–Kier alpha value is -1.81. The third-order valence-corrected chi connectivity index (χ3v) is 3.62. The van der Waals surface area contributed by atoms with Gasteiger partial charge in [0, 0.05) is 37.3 Å². The second-order valence-corrected chi connectivity index (χ2v) is 5.43. The van der Waals surface area contributed by atoms with Gasteiger partial charge in [-0.25, -0.2) is 0 Å². The fourth-order valence-corrected chi connectivity index (χ4v) is 2.58. The van der Waals surface area contributed by atoms with Crippen molar-refractivity contribution in [2.75, 3.05) is 13.1 Å². The molecule has 1 amide bonds. The Kier molecular flexibility index (Phi) is 5.81. The molecule has 1 unspecified atom stereocenters. The molecular weight excluding hydrogens is 262 g/mol. The third-order valence-electron chi connectivity index (χ3n) is 3.62. The highest BCUT2D eigenvalue weighted by atomic mass is 16.1. The van der Waals surface area contributed by atoms with E-state index in [1.807, 2.05) is 6.92 Å². The molecule has 0 saturated heterocycles. The number of aromatic nitrogens is 1. The molecule has 0 aliphatic heterocycles. The van der Waals surface area contributed by atoms with Crippen LogP contribution in [0.3, 0.4) is 0 Å². The largest absolute Gasteiger partial charge is 0.356 e. The van der Waals surface area contributed by atoms with Crippen LogP contribution < -0.4 is 10.6 Å². The highest BCUT2D eigenvalue weighted by Gasteiger charge is 2.07. The molecule has 4 heteroatoms. The maximum Gasteiger partial charge on any atom is 0.221 e. The molecule has 114 valence electrons. The van der Waals surface area contributed by atoms with Crippen LogP contribution in [-0.4, -0.2) is 29.6 Å². The van der Waals surface area contributed by atoms with E-state index < -0.39 is 0 Å². The number of carbonyl (C=O) groups is 1. The molecule has 2 rings (SSSR count). The van der Waals surface area contributed by atoms with Gasteiger partial charge in [0.15, 0.2) is 0 Å². The van der Waals surface area contributed by atoms with Gasteiger partial charge in [0.25, 0.3) is 0 Å². The first-order valence-corrected chi connectivity index (χ1v) is 7.74. The van der Waals surface area contributed by atoms with Crippen molar-refractivity contribution in [3.05, 3.63) is 36.5 Å². The van der Waals surface area contributed by atoms with Crippen LogP contribution in [0.1, 0.15) is 26.7 Å². The minimum absolute atomic E-state index is 0.126. The number of benzene rings is 1. The highest BCUT2D eigenvalue weighted by Crippen LogP contribution is 2.15. The molecule has 21 heavy (non-hydrogen) atoms. The van der Waals surface area contributed by atoms with E-state index in [4.69, 9.17) is 0 Å². The van der Waals surface area contributed by atoms with Crippen molar-refractivity contribution < 1.29 is 4.79 Å². The molecule has 1 aromatic heterocycles. The minimum Gasteiger partial charge on any atom is -0.356 e. The number of aryl methyl sites for hydroxylation is 1. The SMILES string of the molecule is CCNC(C)CC(=O)NCCCn1ccc2ccccc21. The van der Waals surface area contributed by atoms with Gasteiger partial charge in [-0.1, -0.05) is 25.1 Å². The van der Waals surface area contributed by atoms with Crippen molar-refractivity contribution in [3.8, 4) is 0 Å². The summed E-state index contributed by atoms with van der Waals surface area (Å²) < 4.78 is 2.24. The van der Waals surface area contributed by atoms with E-state index in [-0.39, 0.29) is 11.9 Å². The molecule has 0 aliphatic carbocycles. The molecule has 1 aromatic carbocycles. The molecule has 4 nitrogen and oxygen atoms in total. The molecular formula is C17H25N3O. The number of hydrogen-bond donors (Lipinski definition) is 2. The first kappa shape index (κ1) is 15.6. The van der Waals surface area contributed by atoms with Gasteiger partial charge in [-0.2, -0.15) is 0 Å². The van der Waals surface area contributed by atoms with Gasteiger partial charge in [-0.3, -0.25) is 4.79 Å². The van der Waals surface area contributed by atoms with Crippen molar-refractivity contribution in [1.82, 2.24) is 15.2 Å². The molecule has 1 atom stereocenters. The summed E-state index contributed by atoms with van der Waals surface area (Å²) in [5, 5.41) is 7.50. The molecule has 0 radical (unpaired) electrons. The summed E-state index contributed by atoms with van der Waals surface area (Å²) in [6.07, 6.45) is 3.60. The lowest BCUT2D eigenvalue weighted by Gasteiger charge is -2.12. The van der Waals surface area contributed by atoms with Crippen LogP contribution in [0.15, 0.2) is 36.5 Å². The summed E-state index contributed by atoms with van der Waals surface area (Å²) in [7, 11) is 0. The van der Waals surface area contributed by atoms with Crippen LogP contribution in [0.25, 0.3) is 10.9 Å². The zero-order chi connectivity index (χ0) is 15.1. The van der Waals surface area contributed by atoms with Gasteiger partial charge < -0.3 is 15.2 Å². The lowest BCUT2D eigenvalue weighted by atomic mass is 10.2. The van der Waals surface area contributed by atoms with Crippen molar-refractivity contribution in [1.29, 1.82) is 0 Å². The third kappa shape index (κ3) is 4.60. The number of para-hydroxylation sites is 1. The number of carbonyl (C=O) groups excluding carboxylic acids is 1. The van der Waals surface area contributed by atoms with Crippen LogP contribution in [0.2, 0.25) is 0 Å². The average molecular weight is 287 g/mol. The molecule has 2 aromatic rings. The summed E-state index contributed by atoms with van der Waals surface area (Å²) in [5.74, 6) is 0.126. The number of fused-ring (bicyclic) bond motifs is 1. The number of rotatable bonds is 8. The van der Waals surface area contributed by atoms with E-state index >= 15 is 0 Å². The van der Waals surface area contributed by atoms with Crippen LogP contribution >= 0.6 is 0 Å². The van der Waals surface area contributed by atoms with E-state index in [0.717, 1.165) is 26.1 Å². The van der Waals surface area contributed by atoms with Crippen molar-refractivity contribution >= 4 is 16.8 Å². The second kappa shape index (κ2) is 7.84. The lowest BCUT2D eigenvalue weighted by molar-refractivity contribution is -0.121. The predicted octanol–water partition coefficient (Wildman–Crippen LogP) is 2.54. The van der Waals surface area contributed by atoms with E-state index in [9.17, 15) is 4.79 Å². The van der Waals surface area contributed by atoms with Crippen LogP contribution in [-0.2, 0) is 11.3 Å². The van der Waals surface area contributed by atoms with Gasteiger partial charge in [0.1, 0.15) is 0 Å². The topological polar surface area (TPSA) is 46.1 Å². The molecule has 1 heterocycles. The normalized spacial score (nSPS) is 12.5. The summed E-state index contributed by atoms with van der Waals surface area (Å²) >= 11 is 0. The predicted molar refractivity (Wildman–Crippen MR) is 87.3 cm³/mol. The fraction of sp³-hybridized carbons (Fsp3) is 0.471. The van der Waals surface area contributed by atoms with Crippen molar-refractivity contribution in [2.45, 2.75) is 39.3 Å². The van der Waals surface area contributed by atoms with Crippen LogP contribution in [0.4, 0.5) is 0 Å². The Bertz CT molecular complexity index is 576. The standard InChI is InChI=1S/C17H25N3O/c1-3-18-14(2)13-17(21)19-10-6-11-20-12-9-15-7-4-5-8-16(15)20/h4-5,7-9,12,14,18H,3,6,10-11,13H2,1-2H3,(H,19,21). The fourth-order valence-electron chi connectivity index (χ4n) is 2.58. The highest BCUT2D eigenvalue weighted by molar-refractivity contribution is 5.79. The Morgan fingerprint density at radius 1 is 1.29 bits per heavy atom. The molecule has 0 fully saturated rings. The van der Waals surface area contributed by atoms with Crippen LogP contribution in [0, 0.1) is 0 Å². The monoisotopic (exact) mass is 287 g/mol. The van der Waals surface area contributed by atoms with E-state index in [2.05, 4.69) is 58.7 Å². The van der Waals surface area contributed by atoms with Crippen molar-refractivity contribution in [2.24, 2.45) is 0 Å². The first-order chi connectivity index (χ1) is 10.2. The summed E-state index contributed by atoms with van der Waals surface area (Å²) in [6.45, 7) is 6.64. The second-order valence-electron chi connectivity index (χ2n) is 5.43. The number of amides is 1. The van der Waals surface area contributed by atoms with Gasteiger partial charge >= 0.3 is 0 Å². The molecule has 0 spiro atoms. The van der Waals surface area contributed by atoms with Gasteiger partial charge in [-0.05, 0) is 37.4 Å². The molecule has 0 bridgehead atoms. The summed E-state index contributed by atoms with van der Waals surface area (Å²) in [5.41, 5.74) is 1.25. The maximum absolute atomic E-state index is 11.7. The number of hydrogen-bond acceptors (Lipinski definition) is 2. The van der Waals surface area contributed by atoms with Crippen molar-refractivity contribution in [3.63, 3.8) is 0 Å². The number of nitrogens with zero attached hydrogens (tertiary/aromatic N) is 1. The van der Waals surface area contributed by atoms with E-state index in [1.54, 1.807) is 0 Å². The van der Waals surface area contributed by atoms with Gasteiger partial charge in [0.2, 0.25) is 5.91 Å². The first-order valence-electron chi connectivity index (χ1n) is 7.74. The van der Waals surface area contributed by atoms with E-state index in [0.29, 0.717) is 6.42 Å². The average Bonchev–Trinajstić information content (AvgIpc) is 2.87. The lowest BCUT2D eigenvalue weighted by Crippen LogP contribution is -2.34. The Balaban J connectivity index is 1.71. The van der Waals surface area contributed by atoms with E-state index in [1.165, 1.54) is 10.9 Å².